The van der Waals surface area contributed by atoms with Crippen LogP contribution in [0.4, 0.5) is 0 Å². The number of carbonyl (C=O) groups is 2. The highest BCUT2D eigenvalue weighted by atomic mass is 16.5. The number of Topliss-reactive ketones (excluding diaryl/α,β-unsaturated/α-hetero) is 1. The second-order valence-electron chi connectivity index (χ2n) is 4.32. The van der Waals surface area contributed by atoms with Gasteiger partial charge in [-0.3, -0.25) is 4.79 Å². The van der Waals surface area contributed by atoms with Crippen molar-refractivity contribution in [2.24, 2.45) is 0 Å². The first-order chi connectivity index (χ1) is 10.2. The second-order valence-corrected chi connectivity index (χ2v) is 4.32. The maximum Gasteiger partial charge on any atom is 0.338 e. The van der Waals surface area contributed by atoms with Crippen molar-refractivity contribution in [3.63, 3.8) is 0 Å². The fraction of sp³-hybridized carbons (Fsp3) is 0.176. The average Bonchev–Trinajstić information content (AvgIpc) is 2.54. The normalized spacial score (nSPS) is 9.95. The van der Waals surface area contributed by atoms with Gasteiger partial charge in [-0.05, 0) is 31.2 Å². The quantitative estimate of drug-likeness (QED) is 0.604. The summed E-state index contributed by atoms with van der Waals surface area (Å²) in [6, 6.07) is 15.5. The highest BCUT2D eigenvalue weighted by molar-refractivity contribution is 5.97. The van der Waals surface area contributed by atoms with E-state index >= 15 is 0 Å². The van der Waals surface area contributed by atoms with Gasteiger partial charge in [0.05, 0.1) is 12.2 Å². The van der Waals surface area contributed by atoms with Crippen LogP contribution in [0.25, 0.3) is 0 Å². The molecular weight excluding hydrogens is 268 g/mol. The minimum absolute atomic E-state index is 0.0389. The first kappa shape index (κ1) is 14.8. The van der Waals surface area contributed by atoms with Crippen LogP contribution in [0.5, 0.6) is 5.75 Å². The van der Waals surface area contributed by atoms with Crippen molar-refractivity contribution in [1.29, 1.82) is 0 Å². The summed E-state index contributed by atoms with van der Waals surface area (Å²) in [7, 11) is 0. The number of ether oxygens (including phenoxy) is 2. The van der Waals surface area contributed by atoms with Crippen LogP contribution in [-0.2, 0) is 4.74 Å². The van der Waals surface area contributed by atoms with Crippen LogP contribution in [0, 0.1) is 0 Å². The molecule has 21 heavy (non-hydrogen) atoms. The summed E-state index contributed by atoms with van der Waals surface area (Å²) in [6.07, 6.45) is 0. The molecule has 0 aliphatic heterocycles. The van der Waals surface area contributed by atoms with Crippen LogP contribution in [-0.4, -0.2) is 25.0 Å². The first-order valence-electron chi connectivity index (χ1n) is 6.69. The van der Waals surface area contributed by atoms with E-state index in [9.17, 15) is 9.59 Å². The van der Waals surface area contributed by atoms with E-state index in [1.165, 1.54) is 0 Å². The molecule has 0 saturated carbocycles. The predicted octanol–water partition coefficient (Wildman–Crippen LogP) is 3.13. The van der Waals surface area contributed by atoms with Gasteiger partial charge in [0.2, 0.25) is 0 Å². The smallest absolute Gasteiger partial charge is 0.338 e. The average molecular weight is 284 g/mol. The number of carbonyl (C=O) groups excluding carboxylic acids is 2. The number of hydrogen-bond acceptors (Lipinski definition) is 4. The molecule has 0 atom stereocenters. The number of benzene rings is 2. The van der Waals surface area contributed by atoms with Gasteiger partial charge in [0, 0.05) is 5.56 Å². The topological polar surface area (TPSA) is 52.6 Å². The molecular formula is C17H16O4. The summed E-state index contributed by atoms with van der Waals surface area (Å²) >= 11 is 0. The zero-order valence-corrected chi connectivity index (χ0v) is 11.7. The van der Waals surface area contributed by atoms with Crippen molar-refractivity contribution in [2.75, 3.05) is 13.2 Å². The molecule has 4 heteroatoms. The Morgan fingerprint density at radius 1 is 0.905 bits per heavy atom. The third-order valence-corrected chi connectivity index (χ3v) is 2.83. The molecule has 0 bridgehead atoms. The SMILES string of the molecule is CCOC(=O)c1ccc(OCC(=O)c2ccccc2)cc1. The van der Waals surface area contributed by atoms with Crippen LogP contribution < -0.4 is 4.74 Å². The molecule has 0 aromatic heterocycles. The van der Waals surface area contributed by atoms with Crippen LogP contribution >= 0.6 is 0 Å². The minimum Gasteiger partial charge on any atom is -0.485 e. The van der Waals surface area contributed by atoms with Gasteiger partial charge in [-0.2, -0.15) is 0 Å². The molecule has 0 unspecified atom stereocenters. The van der Waals surface area contributed by atoms with E-state index in [0.29, 0.717) is 23.5 Å². The van der Waals surface area contributed by atoms with Gasteiger partial charge >= 0.3 is 5.97 Å². The van der Waals surface area contributed by atoms with Gasteiger partial charge in [0.1, 0.15) is 5.75 Å². The van der Waals surface area contributed by atoms with Crippen LogP contribution in [0.2, 0.25) is 0 Å². The molecule has 2 rings (SSSR count). The largest absolute Gasteiger partial charge is 0.485 e. The van der Waals surface area contributed by atoms with Crippen molar-refractivity contribution in [3.05, 3.63) is 65.7 Å². The molecule has 0 saturated heterocycles. The van der Waals surface area contributed by atoms with E-state index < -0.39 is 0 Å². The zero-order valence-electron chi connectivity index (χ0n) is 11.7. The molecule has 0 aliphatic rings. The first-order valence-corrected chi connectivity index (χ1v) is 6.69. The summed E-state index contributed by atoms with van der Waals surface area (Å²) in [5, 5.41) is 0. The van der Waals surface area contributed by atoms with E-state index in [4.69, 9.17) is 9.47 Å². The Morgan fingerprint density at radius 3 is 2.19 bits per heavy atom. The predicted molar refractivity (Wildman–Crippen MR) is 78.7 cm³/mol. The molecule has 108 valence electrons. The lowest BCUT2D eigenvalue weighted by molar-refractivity contribution is 0.0526. The standard InChI is InChI=1S/C17H16O4/c1-2-20-17(19)14-8-10-15(11-9-14)21-12-16(18)13-6-4-3-5-7-13/h3-11H,2,12H2,1H3. The molecule has 0 amide bonds. The summed E-state index contributed by atoms with van der Waals surface area (Å²) in [5.74, 6) is 0.0711. The van der Waals surface area contributed by atoms with Crippen molar-refractivity contribution >= 4 is 11.8 Å². The van der Waals surface area contributed by atoms with Crippen molar-refractivity contribution in [2.45, 2.75) is 6.92 Å². The molecule has 0 N–H and O–H groups in total. The van der Waals surface area contributed by atoms with Gasteiger partial charge in [-0.1, -0.05) is 30.3 Å². The van der Waals surface area contributed by atoms with Gasteiger partial charge in [0.25, 0.3) is 0 Å². The molecule has 4 nitrogen and oxygen atoms in total. The van der Waals surface area contributed by atoms with Gasteiger partial charge < -0.3 is 9.47 Å². The third-order valence-electron chi connectivity index (χ3n) is 2.83. The molecule has 0 aliphatic carbocycles. The monoisotopic (exact) mass is 284 g/mol. The van der Waals surface area contributed by atoms with E-state index in [1.54, 1.807) is 55.5 Å². The van der Waals surface area contributed by atoms with E-state index in [1.807, 2.05) is 6.07 Å². The molecule has 0 radical (unpaired) electrons. The van der Waals surface area contributed by atoms with E-state index in [2.05, 4.69) is 0 Å². The lowest BCUT2D eigenvalue weighted by Gasteiger charge is -2.06. The molecule has 2 aromatic carbocycles. The van der Waals surface area contributed by atoms with Gasteiger partial charge in [-0.25, -0.2) is 4.79 Å². The Labute approximate surface area is 123 Å². The number of hydrogen-bond donors (Lipinski definition) is 0. The fourth-order valence-electron chi connectivity index (χ4n) is 1.76. The number of rotatable bonds is 6. The Kier molecular flexibility index (Phi) is 5.10. The Hall–Kier alpha value is -2.62. The maximum atomic E-state index is 11.9. The summed E-state index contributed by atoms with van der Waals surface area (Å²) in [6.45, 7) is 2.05. The van der Waals surface area contributed by atoms with Crippen molar-refractivity contribution in [3.8, 4) is 5.75 Å². The second kappa shape index (κ2) is 7.24. The third kappa shape index (κ3) is 4.18. The summed E-state index contributed by atoms with van der Waals surface area (Å²) in [5.41, 5.74) is 1.07. The van der Waals surface area contributed by atoms with Gasteiger partial charge in [-0.15, -0.1) is 0 Å². The zero-order chi connectivity index (χ0) is 15.1. The summed E-state index contributed by atoms with van der Waals surface area (Å²) < 4.78 is 10.3. The van der Waals surface area contributed by atoms with Crippen LogP contribution in [0.1, 0.15) is 27.6 Å². The van der Waals surface area contributed by atoms with Crippen molar-refractivity contribution in [1.82, 2.24) is 0 Å². The molecule has 0 heterocycles. The Morgan fingerprint density at radius 2 is 1.57 bits per heavy atom. The fourth-order valence-corrected chi connectivity index (χ4v) is 1.76. The van der Waals surface area contributed by atoms with Gasteiger partial charge in [0.15, 0.2) is 12.4 Å². The highest BCUT2D eigenvalue weighted by Gasteiger charge is 2.08. The molecule has 2 aromatic rings. The van der Waals surface area contributed by atoms with Crippen LogP contribution in [0.3, 0.4) is 0 Å². The lowest BCUT2D eigenvalue weighted by atomic mass is 10.1. The van der Waals surface area contributed by atoms with E-state index in [0.717, 1.165) is 0 Å². The van der Waals surface area contributed by atoms with E-state index in [-0.39, 0.29) is 18.4 Å². The van der Waals surface area contributed by atoms with Crippen LogP contribution in [0.15, 0.2) is 54.6 Å². The number of esters is 1. The lowest BCUT2D eigenvalue weighted by Crippen LogP contribution is -2.11. The highest BCUT2D eigenvalue weighted by Crippen LogP contribution is 2.13. The maximum absolute atomic E-state index is 11.9. The van der Waals surface area contributed by atoms with Crippen molar-refractivity contribution < 1.29 is 19.1 Å². The minimum atomic E-state index is -0.371. The summed E-state index contributed by atoms with van der Waals surface area (Å²) in [4.78, 5) is 23.4. The molecule has 0 spiro atoms. The molecule has 0 fully saturated rings. The Bertz CT molecular complexity index is 602. The Balaban J connectivity index is 1.92. The number of ketones is 1.